The number of ether oxygens (including phenoxy) is 2. The van der Waals surface area contributed by atoms with E-state index in [-0.39, 0.29) is 6.54 Å². The van der Waals surface area contributed by atoms with E-state index in [1.807, 2.05) is 0 Å². The molecule has 0 aliphatic heterocycles. The van der Waals surface area contributed by atoms with Gasteiger partial charge in [0.05, 0.1) is 14.2 Å². The summed E-state index contributed by atoms with van der Waals surface area (Å²) in [5, 5.41) is 11.7. The SMILES string of the molecule is COc1ccc(OC)c(CNC(=O)C(C)O)c1. The Bertz CT molecular complexity index is 390. The minimum Gasteiger partial charge on any atom is -0.497 e. The maximum absolute atomic E-state index is 11.2. The van der Waals surface area contributed by atoms with Gasteiger partial charge in [0.2, 0.25) is 5.91 Å². The summed E-state index contributed by atoms with van der Waals surface area (Å²) in [4.78, 5) is 11.2. The minimum absolute atomic E-state index is 0.282. The van der Waals surface area contributed by atoms with Crippen LogP contribution in [0.15, 0.2) is 18.2 Å². The van der Waals surface area contributed by atoms with Crippen molar-refractivity contribution in [3.63, 3.8) is 0 Å². The number of amides is 1. The number of hydrogen-bond donors (Lipinski definition) is 2. The molecule has 0 spiro atoms. The summed E-state index contributed by atoms with van der Waals surface area (Å²) >= 11 is 0. The zero-order valence-electron chi connectivity index (χ0n) is 10.2. The predicted octanol–water partition coefficient (Wildman–Crippen LogP) is 0.701. The van der Waals surface area contributed by atoms with Crippen molar-refractivity contribution in [3.05, 3.63) is 23.8 Å². The molecule has 5 heteroatoms. The molecule has 0 bridgehead atoms. The molecular formula is C12H17NO4. The summed E-state index contributed by atoms with van der Waals surface area (Å²) in [6, 6.07) is 5.32. The first-order valence-electron chi connectivity index (χ1n) is 5.25. The Morgan fingerprint density at radius 3 is 2.65 bits per heavy atom. The van der Waals surface area contributed by atoms with Crippen LogP contribution in [0, 0.1) is 0 Å². The number of methoxy groups -OCH3 is 2. The molecule has 1 atom stereocenters. The summed E-state index contributed by atoms with van der Waals surface area (Å²) in [7, 11) is 3.13. The molecule has 2 N–H and O–H groups in total. The Morgan fingerprint density at radius 1 is 1.41 bits per heavy atom. The zero-order chi connectivity index (χ0) is 12.8. The first kappa shape index (κ1) is 13.3. The van der Waals surface area contributed by atoms with Crippen LogP contribution in [-0.2, 0) is 11.3 Å². The molecule has 1 aromatic rings. The summed E-state index contributed by atoms with van der Waals surface area (Å²) < 4.78 is 10.3. The van der Waals surface area contributed by atoms with Crippen LogP contribution in [0.5, 0.6) is 11.5 Å². The molecule has 0 radical (unpaired) electrons. The standard InChI is InChI=1S/C12H17NO4/c1-8(14)12(15)13-7-9-6-10(16-2)4-5-11(9)17-3/h4-6,8,14H,7H2,1-3H3,(H,13,15). The van der Waals surface area contributed by atoms with Gasteiger partial charge in [-0.3, -0.25) is 4.79 Å². The molecule has 1 rings (SSSR count). The van der Waals surface area contributed by atoms with E-state index < -0.39 is 12.0 Å². The van der Waals surface area contributed by atoms with E-state index in [0.717, 1.165) is 5.56 Å². The molecule has 0 heterocycles. The second-order valence-corrected chi connectivity index (χ2v) is 3.57. The van der Waals surface area contributed by atoms with Gasteiger partial charge in [-0.2, -0.15) is 0 Å². The van der Waals surface area contributed by atoms with Gasteiger partial charge in [0.15, 0.2) is 0 Å². The number of hydrogen-bond acceptors (Lipinski definition) is 4. The number of aliphatic hydroxyl groups excluding tert-OH is 1. The summed E-state index contributed by atoms with van der Waals surface area (Å²) in [5.41, 5.74) is 0.792. The predicted molar refractivity (Wildman–Crippen MR) is 63.1 cm³/mol. The van der Waals surface area contributed by atoms with E-state index in [9.17, 15) is 4.79 Å². The smallest absolute Gasteiger partial charge is 0.248 e. The third-order valence-corrected chi connectivity index (χ3v) is 2.32. The fourth-order valence-electron chi connectivity index (χ4n) is 1.35. The van der Waals surface area contributed by atoms with Crippen LogP contribution in [-0.4, -0.2) is 31.3 Å². The van der Waals surface area contributed by atoms with E-state index >= 15 is 0 Å². The highest BCUT2D eigenvalue weighted by Crippen LogP contribution is 2.23. The van der Waals surface area contributed by atoms with Crippen molar-refractivity contribution in [3.8, 4) is 11.5 Å². The van der Waals surface area contributed by atoms with E-state index in [0.29, 0.717) is 11.5 Å². The van der Waals surface area contributed by atoms with E-state index in [1.165, 1.54) is 6.92 Å². The lowest BCUT2D eigenvalue weighted by molar-refractivity contribution is -0.128. The van der Waals surface area contributed by atoms with Gasteiger partial charge < -0.3 is 19.9 Å². The maximum atomic E-state index is 11.2. The lowest BCUT2D eigenvalue weighted by Crippen LogP contribution is -2.32. The molecule has 1 unspecified atom stereocenters. The quantitative estimate of drug-likeness (QED) is 0.793. The average molecular weight is 239 g/mol. The maximum Gasteiger partial charge on any atom is 0.248 e. The first-order valence-corrected chi connectivity index (χ1v) is 5.25. The summed E-state index contributed by atoms with van der Waals surface area (Å²) in [6.07, 6.45) is -1.02. The summed E-state index contributed by atoms with van der Waals surface area (Å²) in [5.74, 6) is 0.929. The summed E-state index contributed by atoms with van der Waals surface area (Å²) in [6.45, 7) is 1.70. The van der Waals surface area contributed by atoms with Crippen LogP contribution < -0.4 is 14.8 Å². The van der Waals surface area contributed by atoms with Crippen molar-refractivity contribution in [2.45, 2.75) is 19.6 Å². The monoisotopic (exact) mass is 239 g/mol. The number of carbonyl (C=O) groups is 1. The van der Waals surface area contributed by atoms with Crippen molar-refractivity contribution < 1.29 is 19.4 Å². The minimum atomic E-state index is -1.02. The van der Waals surface area contributed by atoms with Crippen LogP contribution in [0.1, 0.15) is 12.5 Å². The second kappa shape index (κ2) is 6.10. The van der Waals surface area contributed by atoms with Crippen molar-refractivity contribution in [1.82, 2.24) is 5.32 Å². The topological polar surface area (TPSA) is 67.8 Å². The fourth-order valence-corrected chi connectivity index (χ4v) is 1.35. The molecule has 0 aromatic heterocycles. The number of nitrogens with one attached hydrogen (secondary N) is 1. The van der Waals surface area contributed by atoms with Gasteiger partial charge in [0.25, 0.3) is 0 Å². The molecule has 1 amide bonds. The van der Waals surface area contributed by atoms with E-state index in [2.05, 4.69) is 5.32 Å². The van der Waals surface area contributed by atoms with Gasteiger partial charge in [0, 0.05) is 12.1 Å². The van der Waals surface area contributed by atoms with E-state index in [4.69, 9.17) is 14.6 Å². The fraction of sp³-hybridized carbons (Fsp3) is 0.417. The Hall–Kier alpha value is -1.75. The molecule has 5 nitrogen and oxygen atoms in total. The van der Waals surface area contributed by atoms with Gasteiger partial charge in [-0.05, 0) is 25.1 Å². The molecule has 0 aliphatic rings. The molecule has 1 aromatic carbocycles. The van der Waals surface area contributed by atoms with Crippen molar-refractivity contribution in [1.29, 1.82) is 0 Å². The molecule has 0 saturated carbocycles. The second-order valence-electron chi connectivity index (χ2n) is 3.57. The molecule has 17 heavy (non-hydrogen) atoms. The number of rotatable bonds is 5. The van der Waals surface area contributed by atoms with Crippen LogP contribution in [0.25, 0.3) is 0 Å². The van der Waals surface area contributed by atoms with Crippen molar-refractivity contribution in [2.24, 2.45) is 0 Å². The highest BCUT2D eigenvalue weighted by atomic mass is 16.5. The van der Waals surface area contributed by atoms with Crippen molar-refractivity contribution >= 4 is 5.91 Å². The Labute approximate surface area is 100 Å². The molecule has 0 fully saturated rings. The Morgan fingerprint density at radius 2 is 2.12 bits per heavy atom. The average Bonchev–Trinajstić information content (AvgIpc) is 2.35. The van der Waals surface area contributed by atoms with Crippen molar-refractivity contribution in [2.75, 3.05) is 14.2 Å². The number of benzene rings is 1. The van der Waals surface area contributed by atoms with Gasteiger partial charge >= 0.3 is 0 Å². The van der Waals surface area contributed by atoms with Crippen LogP contribution in [0.3, 0.4) is 0 Å². The third kappa shape index (κ3) is 3.64. The molecule has 0 aliphatic carbocycles. The lowest BCUT2D eigenvalue weighted by Gasteiger charge is -2.12. The van der Waals surface area contributed by atoms with Crippen LogP contribution in [0.4, 0.5) is 0 Å². The normalized spacial score (nSPS) is 11.8. The van der Waals surface area contributed by atoms with Gasteiger partial charge in [-0.15, -0.1) is 0 Å². The van der Waals surface area contributed by atoms with Crippen LogP contribution in [0.2, 0.25) is 0 Å². The first-order chi connectivity index (χ1) is 8.08. The Balaban J connectivity index is 2.77. The Kier molecular flexibility index (Phi) is 4.78. The van der Waals surface area contributed by atoms with Gasteiger partial charge in [-0.25, -0.2) is 0 Å². The van der Waals surface area contributed by atoms with Gasteiger partial charge in [0.1, 0.15) is 17.6 Å². The number of aliphatic hydroxyl groups is 1. The molecular weight excluding hydrogens is 222 g/mol. The molecule has 0 saturated heterocycles. The van der Waals surface area contributed by atoms with Gasteiger partial charge in [-0.1, -0.05) is 0 Å². The molecule has 94 valence electrons. The van der Waals surface area contributed by atoms with E-state index in [1.54, 1.807) is 32.4 Å². The number of carbonyl (C=O) groups excluding carboxylic acids is 1. The lowest BCUT2D eigenvalue weighted by atomic mass is 10.2. The largest absolute Gasteiger partial charge is 0.497 e. The highest BCUT2D eigenvalue weighted by molar-refractivity contribution is 5.80. The zero-order valence-corrected chi connectivity index (χ0v) is 10.2. The third-order valence-electron chi connectivity index (χ3n) is 2.32. The highest BCUT2D eigenvalue weighted by Gasteiger charge is 2.10. The van der Waals surface area contributed by atoms with Crippen LogP contribution >= 0.6 is 0 Å².